The molecule has 0 radical (unpaired) electrons. The van der Waals surface area contributed by atoms with Gasteiger partial charge in [-0.3, -0.25) is 0 Å². The number of ether oxygens (including phenoxy) is 1. The van der Waals surface area contributed by atoms with Crippen LogP contribution in [0.4, 0.5) is 18.0 Å². The first-order valence-electron chi connectivity index (χ1n) is 10.3. The number of rotatable bonds is 3. The van der Waals surface area contributed by atoms with Gasteiger partial charge in [0.25, 0.3) is 0 Å². The number of carbonyl (C=O) groups is 1. The molecule has 30 heavy (non-hydrogen) atoms. The Hall–Kier alpha value is -2.50. The predicted octanol–water partition coefficient (Wildman–Crippen LogP) is 6.10. The number of hydrogen-bond donors (Lipinski definition) is 0. The lowest BCUT2D eigenvalue weighted by molar-refractivity contribution is 0.0219. The van der Waals surface area contributed by atoms with Crippen LogP contribution in [0.15, 0.2) is 36.4 Å². The smallest absolute Gasteiger partial charge is 0.410 e. The number of amides is 1. The summed E-state index contributed by atoms with van der Waals surface area (Å²) in [6.07, 6.45) is 2.89. The molecule has 2 aromatic rings. The Kier molecular flexibility index (Phi) is 5.07. The Bertz CT molecular complexity index is 959. The van der Waals surface area contributed by atoms with Gasteiger partial charge >= 0.3 is 6.09 Å². The zero-order valence-electron chi connectivity index (χ0n) is 17.5. The highest BCUT2D eigenvalue weighted by molar-refractivity contribution is 5.69. The van der Waals surface area contributed by atoms with E-state index in [0.29, 0.717) is 18.5 Å². The molecule has 1 saturated carbocycles. The fourth-order valence-electron chi connectivity index (χ4n) is 4.34. The maximum atomic E-state index is 15.3. The summed E-state index contributed by atoms with van der Waals surface area (Å²) in [4.78, 5) is 14.5. The van der Waals surface area contributed by atoms with Crippen molar-refractivity contribution in [2.75, 3.05) is 6.54 Å². The van der Waals surface area contributed by atoms with Crippen LogP contribution in [-0.4, -0.2) is 29.2 Å². The summed E-state index contributed by atoms with van der Waals surface area (Å²) in [7, 11) is 0. The Morgan fingerprint density at radius 3 is 2.40 bits per heavy atom. The van der Waals surface area contributed by atoms with E-state index >= 15 is 4.39 Å². The van der Waals surface area contributed by atoms with Gasteiger partial charge in [0.05, 0.1) is 0 Å². The summed E-state index contributed by atoms with van der Waals surface area (Å²) in [6, 6.07) is 7.68. The SMILES string of the molecule is CC(C)(C)OC(=O)N1CC2(CC2)CC1Cc1cccc(-c2cc(F)cc(F)c2)c1F. The summed E-state index contributed by atoms with van der Waals surface area (Å²) in [5.41, 5.74) is 0.248. The third kappa shape index (κ3) is 4.32. The molecule has 1 saturated heterocycles. The van der Waals surface area contributed by atoms with Crippen LogP contribution in [0.25, 0.3) is 11.1 Å². The molecule has 2 aromatic carbocycles. The van der Waals surface area contributed by atoms with Crippen LogP contribution < -0.4 is 0 Å². The topological polar surface area (TPSA) is 29.5 Å². The van der Waals surface area contributed by atoms with Gasteiger partial charge in [-0.1, -0.05) is 18.2 Å². The highest BCUT2D eigenvalue weighted by Crippen LogP contribution is 2.55. The first-order chi connectivity index (χ1) is 14.1. The normalized spacial score (nSPS) is 19.9. The van der Waals surface area contributed by atoms with E-state index in [1.807, 2.05) is 20.8 Å². The number of hydrogen-bond acceptors (Lipinski definition) is 2. The second kappa shape index (κ2) is 7.33. The molecule has 1 amide bonds. The Morgan fingerprint density at radius 1 is 1.13 bits per heavy atom. The lowest BCUT2D eigenvalue weighted by Gasteiger charge is -2.29. The van der Waals surface area contributed by atoms with E-state index in [9.17, 15) is 13.6 Å². The Balaban J connectivity index is 1.60. The zero-order chi connectivity index (χ0) is 21.7. The highest BCUT2D eigenvalue weighted by atomic mass is 19.1. The van der Waals surface area contributed by atoms with Gasteiger partial charge in [0.15, 0.2) is 0 Å². The number of likely N-dealkylation sites (tertiary alicyclic amines) is 1. The van der Waals surface area contributed by atoms with Crippen molar-refractivity contribution in [2.45, 2.75) is 58.1 Å². The quantitative estimate of drug-likeness (QED) is 0.604. The Morgan fingerprint density at radius 2 is 1.80 bits per heavy atom. The maximum Gasteiger partial charge on any atom is 0.410 e. The molecule has 1 aliphatic carbocycles. The third-order valence-electron chi connectivity index (χ3n) is 5.91. The van der Waals surface area contributed by atoms with E-state index < -0.39 is 23.1 Å². The van der Waals surface area contributed by atoms with Gasteiger partial charge in [-0.05, 0) is 75.1 Å². The number of halogens is 3. The van der Waals surface area contributed by atoms with Crippen LogP contribution in [-0.2, 0) is 11.2 Å². The number of benzene rings is 2. The van der Waals surface area contributed by atoms with Gasteiger partial charge in [-0.15, -0.1) is 0 Å². The Labute approximate surface area is 174 Å². The van der Waals surface area contributed by atoms with Crippen molar-refractivity contribution in [1.82, 2.24) is 4.90 Å². The molecule has 2 aliphatic rings. The van der Waals surface area contributed by atoms with Crippen molar-refractivity contribution < 1.29 is 22.7 Å². The first kappa shape index (κ1) is 20.8. The average Bonchev–Trinajstić information content (AvgIpc) is 3.27. The van der Waals surface area contributed by atoms with Crippen LogP contribution in [0.5, 0.6) is 0 Å². The van der Waals surface area contributed by atoms with Crippen molar-refractivity contribution >= 4 is 6.09 Å². The molecule has 0 bridgehead atoms. The maximum absolute atomic E-state index is 15.3. The second-order valence-corrected chi connectivity index (χ2v) is 9.61. The largest absolute Gasteiger partial charge is 0.444 e. The zero-order valence-corrected chi connectivity index (χ0v) is 17.5. The minimum absolute atomic E-state index is 0.126. The molecule has 3 nitrogen and oxygen atoms in total. The molecule has 1 spiro atoms. The molecule has 1 aliphatic heterocycles. The van der Waals surface area contributed by atoms with Crippen molar-refractivity contribution in [1.29, 1.82) is 0 Å². The molecule has 4 rings (SSSR count). The van der Waals surface area contributed by atoms with Gasteiger partial charge in [-0.2, -0.15) is 0 Å². The minimum Gasteiger partial charge on any atom is -0.444 e. The van der Waals surface area contributed by atoms with Crippen molar-refractivity contribution in [3.8, 4) is 11.1 Å². The lowest BCUT2D eigenvalue weighted by Crippen LogP contribution is -2.41. The van der Waals surface area contributed by atoms with E-state index in [2.05, 4.69) is 0 Å². The monoisotopic (exact) mass is 417 g/mol. The minimum atomic E-state index is -0.752. The number of nitrogens with zero attached hydrogens (tertiary/aromatic N) is 1. The van der Waals surface area contributed by atoms with E-state index in [1.165, 1.54) is 6.07 Å². The lowest BCUT2D eigenvalue weighted by atomic mass is 9.95. The fraction of sp³-hybridized carbons (Fsp3) is 0.458. The summed E-state index contributed by atoms with van der Waals surface area (Å²) in [5, 5.41) is 0. The van der Waals surface area contributed by atoms with Gasteiger partial charge in [0, 0.05) is 24.2 Å². The van der Waals surface area contributed by atoms with Crippen LogP contribution >= 0.6 is 0 Å². The standard InChI is InChI=1S/C24H26F3NO2/c1-23(2,3)30-22(29)28-14-24(7-8-24)13-19(28)11-15-5-4-6-20(21(15)27)16-9-17(25)12-18(26)10-16/h4-6,9-10,12,19H,7-8,11,13-14H2,1-3H3. The van der Waals surface area contributed by atoms with Crippen LogP contribution in [0.3, 0.4) is 0 Å². The average molecular weight is 417 g/mol. The molecule has 1 unspecified atom stereocenters. The molecule has 2 fully saturated rings. The predicted molar refractivity (Wildman–Crippen MR) is 108 cm³/mol. The molecular weight excluding hydrogens is 391 g/mol. The molecule has 0 aromatic heterocycles. The number of carbonyl (C=O) groups excluding carboxylic acids is 1. The summed E-state index contributed by atoms with van der Waals surface area (Å²) in [6.45, 7) is 6.10. The van der Waals surface area contributed by atoms with Gasteiger partial charge in [-0.25, -0.2) is 18.0 Å². The molecule has 160 valence electrons. The molecule has 0 N–H and O–H groups in total. The van der Waals surface area contributed by atoms with Gasteiger partial charge in [0.1, 0.15) is 23.1 Å². The van der Waals surface area contributed by atoms with Crippen LogP contribution in [0, 0.1) is 22.9 Å². The van der Waals surface area contributed by atoms with Crippen LogP contribution in [0.2, 0.25) is 0 Å². The molecule has 1 heterocycles. The van der Waals surface area contributed by atoms with Crippen LogP contribution in [0.1, 0.15) is 45.6 Å². The summed E-state index contributed by atoms with van der Waals surface area (Å²) >= 11 is 0. The highest BCUT2D eigenvalue weighted by Gasteiger charge is 2.53. The fourth-order valence-corrected chi connectivity index (χ4v) is 4.34. The second-order valence-electron chi connectivity index (χ2n) is 9.61. The summed E-state index contributed by atoms with van der Waals surface area (Å²) in [5.74, 6) is -2.02. The van der Waals surface area contributed by atoms with E-state index in [4.69, 9.17) is 4.74 Å². The van der Waals surface area contributed by atoms with E-state index in [1.54, 1.807) is 17.0 Å². The van der Waals surface area contributed by atoms with E-state index in [0.717, 1.165) is 37.5 Å². The van der Waals surface area contributed by atoms with Gasteiger partial charge < -0.3 is 9.64 Å². The molecular formula is C24H26F3NO2. The van der Waals surface area contributed by atoms with Crippen molar-refractivity contribution in [3.63, 3.8) is 0 Å². The van der Waals surface area contributed by atoms with Gasteiger partial charge in [0.2, 0.25) is 0 Å². The molecule has 1 atom stereocenters. The third-order valence-corrected chi connectivity index (χ3v) is 5.91. The summed E-state index contributed by atoms with van der Waals surface area (Å²) < 4.78 is 48.1. The van der Waals surface area contributed by atoms with Crippen molar-refractivity contribution in [2.24, 2.45) is 5.41 Å². The first-order valence-corrected chi connectivity index (χ1v) is 10.3. The van der Waals surface area contributed by atoms with Crippen molar-refractivity contribution in [3.05, 3.63) is 59.4 Å². The van der Waals surface area contributed by atoms with E-state index in [-0.39, 0.29) is 28.7 Å². The molecule has 6 heteroatoms.